The van der Waals surface area contributed by atoms with Crippen LogP contribution < -0.4 is 5.32 Å². The Morgan fingerprint density at radius 3 is 2.51 bits per heavy atom. The van der Waals surface area contributed by atoms with Gasteiger partial charge in [0, 0.05) is 42.2 Å². The molecule has 2 aromatic heterocycles. The van der Waals surface area contributed by atoms with Gasteiger partial charge in [-0.05, 0) is 74.2 Å². The van der Waals surface area contributed by atoms with Crippen LogP contribution in [0.3, 0.4) is 0 Å². The Balaban J connectivity index is 1.30. The zero-order valence-electron chi connectivity index (χ0n) is 22.0. The molecule has 4 aromatic rings. The number of aromatic nitrogens is 1. The first-order chi connectivity index (χ1) is 18.9. The number of piperidine rings is 1. The van der Waals surface area contributed by atoms with Crippen LogP contribution in [0.15, 0.2) is 53.4 Å². The van der Waals surface area contributed by atoms with Gasteiger partial charge in [-0.2, -0.15) is 4.31 Å². The van der Waals surface area contributed by atoms with Gasteiger partial charge in [0.2, 0.25) is 10.0 Å². The van der Waals surface area contributed by atoms with Crippen molar-refractivity contribution in [2.24, 2.45) is 0 Å². The number of thiophene rings is 1. The lowest BCUT2D eigenvalue weighted by Gasteiger charge is -2.26. The number of rotatable bonds is 7. The standard InChI is InChI=1S/C29H32N4O3S3/c1-2-15-32-18-14-22-25(19-32)38-29(26(22)28-30-23-8-4-5-9-24(23)37-28)31-27(34)20-10-12-21(13-11-20)39(35,36)33-16-6-3-7-17-33/h4-5,8-13H,2-3,6-7,14-19H2,1H3,(H,31,34). The number of anilines is 1. The maximum atomic E-state index is 13.4. The highest BCUT2D eigenvalue weighted by atomic mass is 32.2. The van der Waals surface area contributed by atoms with Crippen LogP contribution in [-0.2, 0) is 23.0 Å². The molecule has 0 spiro atoms. The van der Waals surface area contributed by atoms with E-state index in [0.29, 0.717) is 18.7 Å². The summed E-state index contributed by atoms with van der Waals surface area (Å²) >= 11 is 3.29. The Morgan fingerprint density at radius 2 is 1.77 bits per heavy atom. The molecular weight excluding hydrogens is 549 g/mol. The van der Waals surface area contributed by atoms with E-state index in [2.05, 4.69) is 23.2 Å². The van der Waals surface area contributed by atoms with Crippen molar-refractivity contribution in [1.29, 1.82) is 0 Å². The topological polar surface area (TPSA) is 82.6 Å². The molecule has 0 unspecified atom stereocenters. The number of thiazole rings is 1. The second-order valence-electron chi connectivity index (χ2n) is 10.2. The van der Waals surface area contributed by atoms with Crippen LogP contribution in [-0.4, -0.2) is 54.7 Å². The van der Waals surface area contributed by atoms with Crippen LogP contribution in [0.4, 0.5) is 5.00 Å². The van der Waals surface area contributed by atoms with E-state index in [1.165, 1.54) is 10.4 Å². The zero-order valence-corrected chi connectivity index (χ0v) is 24.4. The van der Waals surface area contributed by atoms with E-state index in [9.17, 15) is 13.2 Å². The normalized spacial score (nSPS) is 16.8. The third-order valence-corrected chi connectivity index (χ3v) is 11.6. The van der Waals surface area contributed by atoms with E-state index in [4.69, 9.17) is 4.98 Å². The minimum absolute atomic E-state index is 0.235. The molecule has 2 aliphatic heterocycles. The number of benzene rings is 2. The largest absolute Gasteiger partial charge is 0.313 e. The number of fused-ring (bicyclic) bond motifs is 2. The second kappa shape index (κ2) is 11.1. The molecule has 0 radical (unpaired) electrons. The van der Waals surface area contributed by atoms with E-state index >= 15 is 0 Å². The zero-order chi connectivity index (χ0) is 27.0. The average Bonchev–Trinajstić information content (AvgIpc) is 3.54. The van der Waals surface area contributed by atoms with Crippen molar-refractivity contribution in [1.82, 2.24) is 14.2 Å². The van der Waals surface area contributed by atoms with Gasteiger partial charge in [0.15, 0.2) is 0 Å². The van der Waals surface area contributed by atoms with Gasteiger partial charge in [-0.1, -0.05) is 25.5 Å². The number of carbonyl (C=O) groups excluding carboxylic acids is 1. The number of carbonyl (C=O) groups is 1. The third kappa shape index (κ3) is 5.28. The van der Waals surface area contributed by atoms with Crippen molar-refractivity contribution >= 4 is 53.8 Å². The molecule has 1 fully saturated rings. The number of nitrogens with one attached hydrogen (secondary N) is 1. The van der Waals surface area contributed by atoms with Crippen LogP contribution in [0.25, 0.3) is 20.8 Å². The number of hydrogen-bond acceptors (Lipinski definition) is 7. The third-order valence-electron chi connectivity index (χ3n) is 7.48. The molecule has 1 saturated heterocycles. The molecule has 0 saturated carbocycles. The molecule has 0 atom stereocenters. The number of nitrogens with zero attached hydrogens (tertiary/aromatic N) is 3. The molecule has 10 heteroatoms. The summed E-state index contributed by atoms with van der Waals surface area (Å²) in [6.07, 6.45) is 4.87. The summed E-state index contributed by atoms with van der Waals surface area (Å²) in [6, 6.07) is 14.4. The molecular formula is C29H32N4O3S3. The molecule has 204 valence electrons. The molecule has 2 aliphatic rings. The summed E-state index contributed by atoms with van der Waals surface area (Å²) in [4.78, 5) is 22.3. The first kappa shape index (κ1) is 26.6. The summed E-state index contributed by atoms with van der Waals surface area (Å²) in [5.74, 6) is -0.247. The van der Waals surface area contributed by atoms with Gasteiger partial charge < -0.3 is 5.32 Å². The summed E-state index contributed by atoms with van der Waals surface area (Å²) in [5.41, 5.74) is 3.71. The maximum Gasteiger partial charge on any atom is 0.256 e. The lowest BCUT2D eigenvalue weighted by atomic mass is 10.0. The smallest absolute Gasteiger partial charge is 0.256 e. The first-order valence-corrected chi connectivity index (χ1v) is 16.7. The summed E-state index contributed by atoms with van der Waals surface area (Å²) in [6.45, 7) is 6.24. The Hall–Kier alpha value is -2.63. The fourth-order valence-electron chi connectivity index (χ4n) is 5.46. The highest BCUT2D eigenvalue weighted by molar-refractivity contribution is 7.89. The van der Waals surface area contributed by atoms with Crippen LogP contribution in [0, 0.1) is 0 Å². The number of sulfonamides is 1. The molecule has 0 aliphatic carbocycles. The SMILES string of the molecule is CCCN1CCc2c(sc(NC(=O)c3ccc(S(=O)(=O)N4CCCCC4)cc3)c2-c2nc3ccccc3s2)C1. The minimum atomic E-state index is -3.54. The van der Waals surface area contributed by atoms with E-state index in [1.807, 2.05) is 18.2 Å². The minimum Gasteiger partial charge on any atom is -0.313 e. The van der Waals surface area contributed by atoms with E-state index in [-0.39, 0.29) is 10.8 Å². The van der Waals surface area contributed by atoms with E-state index < -0.39 is 10.0 Å². The second-order valence-corrected chi connectivity index (χ2v) is 14.2. The lowest BCUT2D eigenvalue weighted by molar-refractivity contribution is 0.102. The predicted molar refractivity (Wildman–Crippen MR) is 159 cm³/mol. The molecule has 39 heavy (non-hydrogen) atoms. The fraction of sp³-hybridized carbons (Fsp3) is 0.379. The maximum absolute atomic E-state index is 13.4. The van der Waals surface area contributed by atoms with Crippen molar-refractivity contribution in [3.63, 3.8) is 0 Å². The molecule has 7 nitrogen and oxygen atoms in total. The molecule has 1 N–H and O–H groups in total. The predicted octanol–water partition coefficient (Wildman–Crippen LogP) is 6.22. The molecule has 4 heterocycles. The summed E-state index contributed by atoms with van der Waals surface area (Å²) < 4.78 is 28.7. The number of amides is 1. The van der Waals surface area contributed by atoms with Crippen LogP contribution in [0.2, 0.25) is 0 Å². The van der Waals surface area contributed by atoms with Gasteiger partial charge >= 0.3 is 0 Å². The molecule has 0 bridgehead atoms. The van der Waals surface area contributed by atoms with E-state index in [0.717, 1.165) is 77.5 Å². The Bertz CT molecular complexity index is 1570. The van der Waals surface area contributed by atoms with Crippen molar-refractivity contribution in [3.05, 3.63) is 64.5 Å². The Kier molecular flexibility index (Phi) is 7.56. The van der Waals surface area contributed by atoms with Gasteiger partial charge in [-0.3, -0.25) is 9.69 Å². The number of para-hydroxylation sites is 1. The van der Waals surface area contributed by atoms with Crippen molar-refractivity contribution < 1.29 is 13.2 Å². The quantitative estimate of drug-likeness (QED) is 0.281. The van der Waals surface area contributed by atoms with Crippen molar-refractivity contribution in [3.8, 4) is 10.6 Å². The van der Waals surface area contributed by atoms with Crippen molar-refractivity contribution in [2.45, 2.75) is 50.5 Å². The fourth-order valence-corrected chi connectivity index (χ4v) is 9.38. The monoisotopic (exact) mass is 580 g/mol. The Morgan fingerprint density at radius 1 is 1.00 bits per heavy atom. The van der Waals surface area contributed by atoms with Crippen molar-refractivity contribution in [2.75, 3.05) is 31.5 Å². The highest BCUT2D eigenvalue weighted by Gasteiger charge is 2.29. The first-order valence-electron chi connectivity index (χ1n) is 13.6. The van der Waals surface area contributed by atoms with Gasteiger partial charge in [-0.15, -0.1) is 22.7 Å². The van der Waals surface area contributed by atoms with Crippen LogP contribution >= 0.6 is 22.7 Å². The lowest BCUT2D eigenvalue weighted by Crippen LogP contribution is -2.35. The number of hydrogen-bond donors (Lipinski definition) is 1. The van der Waals surface area contributed by atoms with Crippen LogP contribution in [0.5, 0.6) is 0 Å². The highest BCUT2D eigenvalue weighted by Crippen LogP contribution is 2.45. The van der Waals surface area contributed by atoms with Gasteiger partial charge in [-0.25, -0.2) is 13.4 Å². The van der Waals surface area contributed by atoms with Crippen LogP contribution in [0.1, 0.15) is 53.4 Å². The molecule has 6 rings (SSSR count). The summed E-state index contributed by atoms with van der Waals surface area (Å²) in [5, 5.41) is 4.90. The van der Waals surface area contributed by atoms with Gasteiger partial charge in [0.1, 0.15) is 10.0 Å². The molecule has 1 amide bonds. The Labute approximate surface area is 237 Å². The van der Waals surface area contributed by atoms with Gasteiger partial charge in [0.25, 0.3) is 5.91 Å². The van der Waals surface area contributed by atoms with E-state index in [1.54, 1.807) is 51.2 Å². The summed E-state index contributed by atoms with van der Waals surface area (Å²) in [7, 11) is -3.54. The average molecular weight is 581 g/mol. The molecule has 2 aromatic carbocycles. The van der Waals surface area contributed by atoms with Gasteiger partial charge in [0.05, 0.1) is 15.1 Å².